The normalized spacial score (nSPS) is 15.1. The maximum atomic E-state index is 10.8. The average molecular weight is 227 g/mol. The van der Waals surface area contributed by atoms with E-state index in [1.807, 2.05) is 24.3 Å². The summed E-state index contributed by atoms with van der Waals surface area (Å²) in [5, 5.41) is 11.1. The average Bonchev–Trinajstić information content (AvgIpc) is 3.12. The van der Waals surface area contributed by atoms with Crippen molar-refractivity contribution in [2.24, 2.45) is 0 Å². The highest BCUT2D eigenvalue weighted by Crippen LogP contribution is 2.42. The molecule has 0 spiro atoms. The number of fused-ring (bicyclic) bond motifs is 1. The van der Waals surface area contributed by atoms with Crippen LogP contribution in [0.15, 0.2) is 30.5 Å². The fourth-order valence-corrected chi connectivity index (χ4v) is 2.29. The van der Waals surface area contributed by atoms with Crippen LogP contribution in [0.25, 0.3) is 10.8 Å². The molecule has 3 nitrogen and oxygen atoms in total. The van der Waals surface area contributed by atoms with Crippen molar-refractivity contribution in [1.29, 1.82) is 0 Å². The summed E-state index contributed by atoms with van der Waals surface area (Å²) in [5.74, 6) is -0.207. The van der Waals surface area contributed by atoms with E-state index in [0.717, 1.165) is 22.0 Å². The van der Waals surface area contributed by atoms with E-state index in [1.165, 1.54) is 12.8 Å². The van der Waals surface area contributed by atoms with Crippen LogP contribution < -0.4 is 0 Å². The summed E-state index contributed by atoms with van der Waals surface area (Å²) in [4.78, 5) is 15.3. The van der Waals surface area contributed by atoms with Crippen molar-refractivity contribution in [3.8, 4) is 0 Å². The van der Waals surface area contributed by atoms with E-state index in [2.05, 4.69) is 4.98 Å². The van der Waals surface area contributed by atoms with Gasteiger partial charge in [-0.2, -0.15) is 0 Å². The van der Waals surface area contributed by atoms with Crippen molar-refractivity contribution >= 4 is 16.7 Å². The van der Waals surface area contributed by atoms with E-state index < -0.39 is 5.97 Å². The van der Waals surface area contributed by atoms with Gasteiger partial charge in [0.1, 0.15) is 0 Å². The molecule has 0 radical (unpaired) electrons. The van der Waals surface area contributed by atoms with Gasteiger partial charge in [-0.15, -0.1) is 0 Å². The lowest BCUT2D eigenvalue weighted by atomic mass is 10.0. The highest BCUT2D eigenvalue weighted by Gasteiger charge is 2.26. The molecule has 0 bridgehead atoms. The number of nitrogens with zero attached hydrogens (tertiary/aromatic N) is 1. The fraction of sp³-hybridized carbons (Fsp3) is 0.286. The molecular weight excluding hydrogens is 214 g/mol. The lowest BCUT2D eigenvalue weighted by molar-refractivity contribution is -0.136. The van der Waals surface area contributed by atoms with Crippen molar-refractivity contribution in [3.63, 3.8) is 0 Å². The smallest absolute Gasteiger partial charge is 0.307 e. The molecule has 0 saturated heterocycles. The standard InChI is InChI=1S/C14H13NO2/c16-13(17)8-10-2-1-3-12-11(10)6-7-15-14(12)9-4-5-9/h1-3,6-7,9H,4-5,8H2,(H,16,17). The predicted octanol–water partition coefficient (Wildman–Crippen LogP) is 2.74. The zero-order chi connectivity index (χ0) is 11.8. The molecule has 1 saturated carbocycles. The van der Waals surface area contributed by atoms with Gasteiger partial charge in [0.15, 0.2) is 0 Å². The number of aliphatic carboxylic acids is 1. The van der Waals surface area contributed by atoms with Crippen LogP contribution in [0.4, 0.5) is 0 Å². The first kappa shape index (κ1) is 10.3. The van der Waals surface area contributed by atoms with Crippen molar-refractivity contribution in [3.05, 3.63) is 41.7 Å². The van der Waals surface area contributed by atoms with Crippen molar-refractivity contribution < 1.29 is 9.90 Å². The molecular formula is C14H13NO2. The third-order valence-electron chi connectivity index (χ3n) is 3.23. The van der Waals surface area contributed by atoms with E-state index in [1.54, 1.807) is 6.20 Å². The lowest BCUT2D eigenvalue weighted by Crippen LogP contribution is -2.01. The second-order valence-corrected chi connectivity index (χ2v) is 4.55. The Bertz CT molecular complexity index is 588. The molecule has 1 aliphatic carbocycles. The minimum atomic E-state index is -0.790. The van der Waals surface area contributed by atoms with Gasteiger partial charge in [-0.25, -0.2) is 0 Å². The Morgan fingerprint density at radius 2 is 2.12 bits per heavy atom. The van der Waals surface area contributed by atoms with Gasteiger partial charge in [-0.05, 0) is 29.9 Å². The molecule has 0 atom stereocenters. The first-order chi connectivity index (χ1) is 8.25. The van der Waals surface area contributed by atoms with Crippen molar-refractivity contribution in [2.75, 3.05) is 0 Å². The summed E-state index contributed by atoms with van der Waals surface area (Å²) in [6.07, 6.45) is 4.28. The topological polar surface area (TPSA) is 50.2 Å². The molecule has 17 heavy (non-hydrogen) atoms. The zero-order valence-electron chi connectivity index (χ0n) is 9.39. The molecule has 1 N–H and O–H groups in total. The van der Waals surface area contributed by atoms with Crippen LogP contribution in [-0.4, -0.2) is 16.1 Å². The second kappa shape index (κ2) is 3.84. The van der Waals surface area contributed by atoms with Gasteiger partial charge in [0.2, 0.25) is 0 Å². The second-order valence-electron chi connectivity index (χ2n) is 4.55. The highest BCUT2D eigenvalue weighted by atomic mass is 16.4. The van der Waals surface area contributed by atoms with Crippen molar-refractivity contribution in [1.82, 2.24) is 4.98 Å². The Hall–Kier alpha value is -1.90. The number of benzene rings is 1. The van der Waals surface area contributed by atoms with Crippen LogP contribution in [0, 0.1) is 0 Å². The Morgan fingerprint density at radius 3 is 2.82 bits per heavy atom. The molecule has 1 aliphatic rings. The zero-order valence-corrected chi connectivity index (χ0v) is 9.39. The summed E-state index contributed by atoms with van der Waals surface area (Å²) < 4.78 is 0. The largest absolute Gasteiger partial charge is 0.481 e. The minimum absolute atomic E-state index is 0.0749. The predicted molar refractivity (Wildman–Crippen MR) is 65.1 cm³/mol. The first-order valence-corrected chi connectivity index (χ1v) is 5.84. The molecule has 2 aromatic rings. The van der Waals surface area contributed by atoms with Crippen LogP contribution in [-0.2, 0) is 11.2 Å². The van der Waals surface area contributed by atoms with Crippen LogP contribution in [0.1, 0.15) is 30.0 Å². The van der Waals surface area contributed by atoms with E-state index in [4.69, 9.17) is 5.11 Å². The van der Waals surface area contributed by atoms with Gasteiger partial charge in [0.05, 0.1) is 12.1 Å². The SMILES string of the molecule is O=C(O)Cc1cccc2c(C3CC3)nccc12. The lowest BCUT2D eigenvalue weighted by Gasteiger charge is -2.07. The van der Waals surface area contributed by atoms with Gasteiger partial charge >= 0.3 is 5.97 Å². The Kier molecular flexibility index (Phi) is 2.32. The van der Waals surface area contributed by atoms with E-state index >= 15 is 0 Å². The molecule has 1 aromatic carbocycles. The quantitative estimate of drug-likeness (QED) is 0.877. The number of rotatable bonds is 3. The van der Waals surface area contributed by atoms with Crippen LogP contribution in [0.5, 0.6) is 0 Å². The van der Waals surface area contributed by atoms with Gasteiger partial charge in [0.25, 0.3) is 0 Å². The molecule has 0 aliphatic heterocycles. The molecule has 0 unspecified atom stereocenters. The Labute approximate surface area is 99.1 Å². The third-order valence-corrected chi connectivity index (χ3v) is 3.23. The Balaban J connectivity index is 2.18. The number of pyridine rings is 1. The number of carboxylic acids is 1. The molecule has 3 heteroatoms. The molecule has 1 fully saturated rings. The number of hydrogen-bond acceptors (Lipinski definition) is 2. The molecule has 1 heterocycles. The maximum Gasteiger partial charge on any atom is 0.307 e. The third kappa shape index (κ3) is 1.88. The summed E-state index contributed by atoms with van der Waals surface area (Å²) in [5.41, 5.74) is 2.01. The molecule has 86 valence electrons. The number of aromatic nitrogens is 1. The summed E-state index contributed by atoms with van der Waals surface area (Å²) in [6.45, 7) is 0. The summed E-state index contributed by atoms with van der Waals surface area (Å²) in [7, 11) is 0. The monoisotopic (exact) mass is 227 g/mol. The molecule has 0 amide bonds. The number of carbonyl (C=O) groups is 1. The minimum Gasteiger partial charge on any atom is -0.481 e. The molecule has 3 rings (SSSR count). The van der Waals surface area contributed by atoms with Crippen LogP contribution in [0.2, 0.25) is 0 Å². The first-order valence-electron chi connectivity index (χ1n) is 5.84. The van der Waals surface area contributed by atoms with E-state index in [9.17, 15) is 4.79 Å². The fourth-order valence-electron chi connectivity index (χ4n) is 2.29. The van der Waals surface area contributed by atoms with E-state index in [0.29, 0.717) is 5.92 Å². The van der Waals surface area contributed by atoms with Crippen molar-refractivity contribution in [2.45, 2.75) is 25.2 Å². The Morgan fingerprint density at radius 1 is 1.29 bits per heavy atom. The van der Waals surface area contributed by atoms with Gasteiger partial charge in [-0.1, -0.05) is 18.2 Å². The summed E-state index contributed by atoms with van der Waals surface area (Å²) >= 11 is 0. The number of carboxylic acid groups (broad SMARTS) is 1. The van der Waals surface area contributed by atoms with Crippen LogP contribution in [0.3, 0.4) is 0 Å². The molecule has 1 aromatic heterocycles. The summed E-state index contributed by atoms with van der Waals surface area (Å²) in [6, 6.07) is 7.77. The highest BCUT2D eigenvalue weighted by molar-refractivity contribution is 5.90. The number of hydrogen-bond donors (Lipinski definition) is 1. The van der Waals surface area contributed by atoms with E-state index in [-0.39, 0.29) is 6.42 Å². The van der Waals surface area contributed by atoms with Gasteiger partial charge < -0.3 is 5.11 Å². The van der Waals surface area contributed by atoms with Gasteiger partial charge in [0, 0.05) is 17.5 Å². The van der Waals surface area contributed by atoms with Crippen LogP contribution >= 0.6 is 0 Å². The maximum absolute atomic E-state index is 10.8. The van der Waals surface area contributed by atoms with Gasteiger partial charge in [-0.3, -0.25) is 9.78 Å².